The Morgan fingerprint density at radius 2 is 1.27 bits per heavy atom. The first kappa shape index (κ1) is 32.6. The molecular formula is C37H44O11. The van der Waals surface area contributed by atoms with Gasteiger partial charge in [0.2, 0.25) is 11.2 Å². The highest BCUT2D eigenvalue weighted by Gasteiger charge is 2.78. The standard InChI is InChI=1S/C37H44O11/c1-18(2)20-17-22(38)43-24-19(20)11-12-21-23(24)25(44-29(41)36-15-13-34(9,27(39)47-36)32(36,5)6)26(31(3,4)46-21)45-30(42)37-16-14-35(10,28(40)48-37)33(37,7)8/h11-12,17-18,25-26H,13-16H2,1-10H3/t25-,26-,34+,35+,36-,37-/m1/s1. The van der Waals surface area contributed by atoms with Crippen LogP contribution >= 0.6 is 0 Å². The largest absolute Gasteiger partial charge is 0.483 e. The molecule has 2 aromatic rings. The van der Waals surface area contributed by atoms with Gasteiger partial charge in [-0.15, -0.1) is 0 Å². The summed E-state index contributed by atoms with van der Waals surface area (Å²) in [5, 5.41) is 0.605. The van der Waals surface area contributed by atoms with E-state index in [9.17, 15) is 24.0 Å². The van der Waals surface area contributed by atoms with E-state index in [4.69, 9.17) is 28.1 Å². The number of ether oxygens (including phenoxy) is 5. The molecule has 4 fully saturated rings. The molecule has 0 N–H and O–H groups in total. The van der Waals surface area contributed by atoms with Gasteiger partial charge in [-0.1, -0.05) is 41.5 Å². The highest BCUT2D eigenvalue weighted by atomic mass is 16.7. The minimum atomic E-state index is -1.60. The Morgan fingerprint density at radius 3 is 1.73 bits per heavy atom. The predicted octanol–water partition coefficient (Wildman–Crippen LogP) is 5.83. The zero-order valence-corrected chi connectivity index (χ0v) is 29.3. The van der Waals surface area contributed by atoms with Crippen LogP contribution < -0.4 is 10.4 Å². The van der Waals surface area contributed by atoms with Gasteiger partial charge in [0.05, 0.1) is 16.4 Å². The van der Waals surface area contributed by atoms with E-state index in [-0.39, 0.29) is 35.7 Å². The van der Waals surface area contributed by atoms with Gasteiger partial charge in [-0.25, -0.2) is 14.4 Å². The summed E-state index contributed by atoms with van der Waals surface area (Å²) in [4.78, 5) is 68.1. The lowest BCUT2D eigenvalue weighted by Crippen LogP contribution is -2.57. The molecule has 1 aromatic carbocycles. The predicted molar refractivity (Wildman–Crippen MR) is 170 cm³/mol. The smallest absolute Gasteiger partial charge is 0.351 e. The van der Waals surface area contributed by atoms with E-state index in [1.165, 1.54) is 6.07 Å². The molecule has 11 heteroatoms. The molecule has 48 heavy (non-hydrogen) atoms. The fourth-order valence-corrected chi connectivity index (χ4v) is 9.10. The summed E-state index contributed by atoms with van der Waals surface area (Å²) >= 11 is 0. The zero-order chi connectivity index (χ0) is 35.2. The number of carbonyl (C=O) groups is 4. The second kappa shape index (κ2) is 9.41. The fourth-order valence-electron chi connectivity index (χ4n) is 9.10. The second-order valence-electron chi connectivity index (χ2n) is 16.7. The number of benzene rings is 1. The molecule has 4 heterocycles. The second-order valence-corrected chi connectivity index (χ2v) is 16.7. The first-order chi connectivity index (χ1) is 22.1. The first-order valence-electron chi connectivity index (χ1n) is 16.8. The van der Waals surface area contributed by atoms with E-state index >= 15 is 0 Å². The van der Waals surface area contributed by atoms with Crippen LogP contribution in [-0.4, -0.2) is 46.8 Å². The maximum absolute atomic E-state index is 14.6. The van der Waals surface area contributed by atoms with E-state index in [1.807, 2.05) is 41.5 Å². The van der Waals surface area contributed by atoms with Crippen LogP contribution in [0, 0.1) is 21.7 Å². The van der Waals surface area contributed by atoms with Crippen LogP contribution in [0.3, 0.4) is 0 Å². The van der Waals surface area contributed by atoms with Crippen molar-refractivity contribution in [2.24, 2.45) is 21.7 Å². The highest BCUT2D eigenvalue weighted by Crippen LogP contribution is 2.67. The molecular weight excluding hydrogens is 620 g/mol. The van der Waals surface area contributed by atoms with Crippen LogP contribution in [0.1, 0.15) is 118 Å². The summed E-state index contributed by atoms with van der Waals surface area (Å²) in [6.45, 7) is 18.2. The van der Waals surface area contributed by atoms with Crippen molar-refractivity contribution in [3.63, 3.8) is 0 Å². The van der Waals surface area contributed by atoms with Crippen LogP contribution in [-0.2, 0) is 38.1 Å². The third-order valence-corrected chi connectivity index (χ3v) is 13.5. The van der Waals surface area contributed by atoms with Gasteiger partial charge >= 0.3 is 29.5 Å². The van der Waals surface area contributed by atoms with Crippen molar-refractivity contribution >= 4 is 34.8 Å². The van der Waals surface area contributed by atoms with Gasteiger partial charge in [0.1, 0.15) is 16.9 Å². The van der Waals surface area contributed by atoms with Crippen molar-refractivity contribution in [3.8, 4) is 5.75 Å². The summed E-state index contributed by atoms with van der Waals surface area (Å²) < 4.78 is 36.8. The van der Waals surface area contributed by atoms with Gasteiger partial charge in [-0.05, 0) is 77.0 Å². The first-order valence-corrected chi connectivity index (χ1v) is 16.8. The van der Waals surface area contributed by atoms with E-state index in [1.54, 1.807) is 39.8 Å². The number of esters is 4. The van der Waals surface area contributed by atoms with Gasteiger partial charge in [0.25, 0.3) is 0 Å². The summed E-state index contributed by atoms with van der Waals surface area (Å²) in [5.41, 5.74) is -7.63. The monoisotopic (exact) mass is 664 g/mol. The number of carbonyl (C=O) groups excluding carboxylic acids is 4. The van der Waals surface area contributed by atoms with Crippen molar-refractivity contribution in [2.75, 3.05) is 0 Å². The van der Waals surface area contributed by atoms with Crippen LogP contribution in [0.15, 0.2) is 27.4 Å². The normalized spacial score (nSPS) is 36.4. The lowest BCUT2D eigenvalue weighted by Gasteiger charge is -2.45. The molecule has 0 spiro atoms. The van der Waals surface area contributed by atoms with Crippen molar-refractivity contribution in [1.29, 1.82) is 0 Å². The van der Waals surface area contributed by atoms with Gasteiger partial charge in [0.15, 0.2) is 12.2 Å². The zero-order valence-electron chi connectivity index (χ0n) is 29.3. The number of hydrogen-bond acceptors (Lipinski definition) is 11. The average molecular weight is 665 g/mol. The Bertz CT molecular complexity index is 1880. The molecule has 5 aliphatic rings. The van der Waals surface area contributed by atoms with E-state index in [2.05, 4.69) is 0 Å². The van der Waals surface area contributed by atoms with Gasteiger partial charge in [-0.2, -0.15) is 0 Å². The maximum atomic E-state index is 14.6. The summed E-state index contributed by atoms with van der Waals surface area (Å²) in [7, 11) is 0. The Kier molecular flexibility index (Phi) is 6.40. The van der Waals surface area contributed by atoms with Crippen molar-refractivity contribution < 1.29 is 47.3 Å². The summed E-state index contributed by atoms with van der Waals surface area (Å²) in [6.07, 6.45) is -1.29. The Labute approximate surface area is 278 Å². The van der Waals surface area contributed by atoms with E-state index in [0.29, 0.717) is 23.8 Å². The van der Waals surface area contributed by atoms with Crippen molar-refractivity contribution in [2.45, 2.75) is 130 Å². The highest BCUT2D eigenvalue weighted by molar-refractivity contribution is 5.95. The number of fused-ring (bicyclic) bond motifs is 7. The van der Waals surface area contributed by atoms with Crippen LogP contribution in [0.4, 0.5) is 0 Å². The van der Waals surface area contributed by atoms with Gasteiger partial charge in [-0.3, -0.25) is 9.59 Å². The molecule has 0 amide bonds. The maximum Gasteiger partial charge on any atom is 0.351 e. The third-order valence-electron chi connectivity index (χ3n) is 13.5. The Balaban J connectivity index is 1.39. The molecule has 2 saturated heterocycles. The van der Waals surface area contributed by atoms with Crippen LogP contribution in [0.25, 0.3) is 11.0 Å². The molecule has 11 nitrogen and oxygen atoms in total. The minimum Gasteiger partial charge on any atom is -0.483 e. The Morgan fingerprint density at radius 1 is 0.750 bits per heavy atom. The van der Waals surface area contributed by atoms with Gasteiger partial charge < -0.3 is 28.1 Å². The number of rotatable bonds is 5. The van der Waals surface area contributed by atoms with E-state index < -0.39 is 80.2 Å². The van der Waals surface area contributed by atoms with Crippen LogP contribution in [0.2, 0.25) is 0 Å². The van der Waals surface area contributed by atoms with E-state index in [0.717, 1.165) is 0 Å². The molecule has 2 saturated carbocycles. The van der Waals surface area contributed by atoms with Gasteiger partial charge in [0, 0.05) is 22.3 Å². The quantitative estimate of drug-likeness (QED) is 0.216. The van der Waals surface area contributed by atoms with Crippen molar-refractivity contribution in [1.82, 2.24) is 0 Å². The topological polar surface area (TPSA) is 145 Å². The SMILES string of the molecule is CC(C)c1cc(=O)oc2c3c(ccc12)OC(C)(C)[C@H](OC(=O)[C@@]12CC[C@@](C)(C(=O)O1)C2(C)C)[C@@H]3OC(=O)[C@@]12CC[C@@](C)(C(=O)O1)C2(C)C. The summed E-state index contributed by atoms with van der Waals surface area (Å²) in [6, 6.07) is 4.93. The lowest BCUT2D eigenvalue weighted by molar-refractivity contribution is -0.217. The third kappa shape index (κ3) is 3.63. The number of hydrogen-bond donors (Lipinski definition) is 0. The lowest BCUT2D eigenvalue weighted by atomic mass is 9.66. The van der Waals surface area contributed by atoms with Crippen molar-refractivity contribution in [3.05, 3.63) is 39.7 Å². The Hall–Kier alpha value is -3.89. The molecule has 0 unspecified atom stereocenters. The molecule has 0 radical (unpaired) electrons. The molecule has 3 aliphatic heterocycles. The molecule has 258 valence electrons. The summed E-state index contributed by atoms with van der Waals surface area (Å²) in [5.74, 6) is -2.30. The minimum absolute atomic E-state index is 0.0611. The average Bonchev–Trinajstić information content (AvgIpc) is 3.45. The van der Waals surface area contributed by atoms with Crippen LogP contribution in [0.5, 0.6) is 5.75 Å². The molecule has 1 aromatic heterocycles. The molecule has 6 atom stereocenters. The molecule has 7 rings (SSSR count). The molecule has 2 aliphatic carbocycles. The molecule has 4 bridgehead atoms. The fraction of sp³-hybridized carbons (Fsp3) is 0.649.